The summed E-state index contributed by atoms with van der Waals surface area (Å²) in [5, 5.41) is 3.36. The van der Waals surface area contributed by atoms with Crippen LogP contribution in [-0.2, 0) is 0 Å². The number of likely N-dealkylation sites (tertiary alicyclic amines) is 1. The molecule has 0 bridgehead atoms. The molecule has 0 aliphatic carbocycles. The van der Waals surface area contributed by atoms with Crippen molar-refractivity contribution in [3.8, 4) is 0 Å². The van der Waals surface area contributed by atoms with Crippen LogP contribution in [0.15, 0.2) is 24.3 Å². The summed E-state index contributed by atoms with van der Waals surface area (Å²) in [4.78, 5) is 14.1. The number of hydrogen-bond donors (Lipinski definition) is 1. The van der Waals surface area contributed by atoms with Gasteiger partial charge in [0.2, 0.25) is 0 Å². The van der Waals surface area contributed by atoms with Crippen molar-refractivity contribution in [1.29, 1.82) is 0 Å². The molecule has 1 fully saturated rings. The zero-order valence-electron chi connectivity index (χ0n) is 11.5. The second-order valence-electron chi connectivity index (χ2n) is 5.23. The number of carbonyl (C=O) groups excluding carboxylic acids is 1. The molecule has 0 saturated carbocycles. The van der Waals surface area contributed by atoms with E-state index in [1.54, 1.807) is 0 Å². The highest BCUT2D eigenvalue weighted by Crippen LogP contribution is 2.15. The monoisotopic (exact) mass is 276 g/mol. The lowest BCUT2D eigenvalue weighted by Gasteiger charge is -2.18. The van der Waals surface area contributed by atoms with Crippen LogP contribution in [0.5, 0.6) is 0 Å². The molecule has 1 aromatic carbocycles. The average molecular weight is 276 g/mol. The van der Waals surface area contributed by atoms with Crippen LogP contribution in [0.4, 0.5) is 0 Å². The first-order valence-corrected chi connectivity index (χ1v) is 7.19. The molecule has 0 radical (unpaired) electrons. The highest BCUT2D eigenvalue weighted by atomic mass is 32.1. The van der Waals surface area contributed by atoms with Crippen molar-refractivity contribution < 1.29 is 4.79 Å². The molecule has 1 amide bonds. The van der Waals surface area contributed by atoms with E-state index in [0.717, 1.165) is 25.9 Å². The molecule has 4 heteroatoms. The van der Waals surface area contributed by atoms with E-state index in [9.17, 15) is 4.79 Å². The fraction of sp³-hybridized carbons (Fsp3) is 0.467. The van der Waals surface area contributed by atoms with Crippen molar-refractivity contribution in [3.05, 3.63) is 35.4 Å². The molecule has 1 aliphatic rings. The normalized spacial score (nSPS) is 14.8. The molecule has 0 atom stereocenters. The number of benzene rings is 1. The van der Waals surface area contributed by atoms with Crippen molar-refractivity contribution in [2.75, 3.05) is 13.1 Å². The summed E-state index contributed by atoms with van der Waals surface area (Å²) in [6, 6.07) is 7.71. The van der Waals surface area contributed by atoms with E-state index in [-0.39, 0.29) is 5.91 Å². The van der Waals surface area contributed by atoms with E-state index in [1.165, 1.54) is 5.56 Å². The summed E-state index contributed by atoms with van der Waals surface area (Å²) in [5.74, 6) is 0.356. The van der Waals surface area contributed by atoms with Gasteiger partial charge in [-0.25, -0.2) is 0 Å². The third-order valence-corrected chi connectivity index (χ3v) is 3.81. The van der Waals surface area contributed by atoms with Crippen molar-refractivity contribution in [3.63, 3.8) is 0 Å². The molecule has 0 spiro atoms. The first kappa shape index (κ1) is 14.0. The minimum atomic E-state index is -0.118. The lowest BCUT2D eigenvalue weighted by atomic mass is 10.0. The van der Waals surface area contributed by atoms with E-state index in [4.69, 9.17) is 12.2 Å². The number of hydrogen-bond acceptors (Lipinski definition) is 2. The molecule has 1 heterocycles. The van der Waals surface area contributed by atoms with Crippen LogP contribution in [0.3, 0.4) is 0 Å². The van der Waals surface area contributed by atoms with Crippen LogP contribution < -0.4 is 5.32 Å². The van der Waals surface area contributed by atoms with Crippen molar-refractivity contribution in [2.45, 2.75) is 32.6 Å². The van der Waals surface area contributed by atoms with Crippen LogP contribution in [0.2, 0.25) is 0 Å². The van der Waals surface area contributed by atoms with Crippen molar-refractivity contribution in [2.24, 2.45) is 0 Å². The number of nitrogens with zero attached hydrogens (tertiary/aromatic N) is 1. The molecule has 1 N–H and O–H groups in total. The van der Waals surface area contributed by atoms with Gasteiger partial charge in [0.15, 0.2) is 5.11 Å². The Labute approximate surface area is 120 Å². The van der Waals surface area contributed by atoms with E-state index < -0.39 is 0 Å². The van der Waals surface area contributed by atoms with Crippen LogP contribution in [0.25, 0.3) is 0 Å². The van der Waals surface area contributed by atoms with Crippen LogP contribution >= 0.6 is 12.2 Å². The molecule has 19 heavy (non-hydrogen) atoms. The van der Waals surface area contributed by atoms with E-state index in [2.05, 4.69) is 24.1 Å². The van der Waals surface area contributed by atoms with Gasteiger partial charge < -0.3 is 4.90 Å². The maximum absolute atomic E-state index is 12.1. The Morgan fingerprint density at radius 2 is 1.79 bits per heavy atom. The molecule has 1 aliphatic heterocycles. The molecular formula is C15H20N2OS. The summed E-state index contributed by atoms with van der Waals surface area (Å²) >= 11 is 5.25. The fourth-order valence-electron chi connectivity index (χ4n) is 2.19. The summed E-state index contributed by atoms with van der Waals surface area (Å²) in [5.41, 5.74) is 1.89. The minimum absolute atomic E-state index is 0.118. The highest BCUT2D eigenvalue weighted by Gasteiger charge is 2.17. The van der Waals surface area contributed by atoms with Gasteiger partial charge >= 0.3 is 0 Å². The Balaban J connectivity index is 1.97. The molecule has 1 aromatic rings. The number of nitrogens with one attached hydrogen (secondary N) is 1. The summed E-state index contributed by atoms with van der Waals surface area (Å²) in [6.45, 7) is 6.17. The van der Waals surface area contributed by atoms with Gasteiger partial charge in [0.25, 0.3) is 5.91 Å². The first-order chi connectivity index (χ1) is 9.08. The Morgan fingerprint density at radius 1 is 1.21 bits per heavy atom. The topological polar surface area (TPSA) is 32.3 Å². The van der Waals surface area contributed by atoms with Gasteiger partial charge in [0, 0.05) is 18.7 Å². The maximum Gasteiger partial charge on any atom is 0.257 e. The second-order valence-corrected chi connectivity index (χ2v) is 5.62. The Morgan fingerprint density at radius 3 is 2.32 bits per heavy atom. The average Bonchev–Trinajstić information content (AvgIpc) is 2.92. The zero-order chi connectivity index (χ0) is 13.8. The van der Waals surface area contributed by atoms with E-state index in [1.807, 2.05) is 24.3 Å². The van der Waals surface area contributed by atoms with Crippen molar-refractivity contribution >= 4 is 23.2 Å². The van der Waals surface area contributed by atoms with Crippen LogP contribution in [0, 0.1) is 0 Å². The molecule has 102 valence electrons. The second kappa shape index (κ2) is 6.15. The van der Waals surface area contributed by atoms with Gasteiger partial charge in [-0.2, -0.15) is 0 Å². The largest absolute Gasteiger partial charge is 0.349 e. The number of thiocarbonyl (C=S) groups is 1. The molecule has 0 aromatic heterocycles. The van der Waals surface area contributed by atoms with E-state index >= 15 is 0 Å². The summed E-state index contributed by atoms with van der Waals surface area (Å²) in [6.07, 6.45) is 2.30. The first-order valence-electron chi connectivity index (χ1n) is 6.78. The maximum atomic E-state index is 12.1. The van der Waals surface area contributed by atoms with Crippen LogP contribution in [-0.4, -0.2) is 29.0 Å². The third-order valence-electron chi connectivity index (χ3n) is 3.45. The molecule has 2 rings (SSSR count). The molecular weight excluding hydrogens is 256 g/mol. The number of amides is 1. The summed E-state index contributed by atoms with van der Waals surface area (Å²) in [7, 11) is 0. The van der Waals surface area contributed by atoms with Crippen molar-refractivity contribution in [1.82, 2.24) is 10.2 Å². The van der Waals surface area contributed by atoms with Gasteiger partial charge in [-0.3, -0.25) is 10.1 Å². The summed E-state index contributed by atoms with van der Waals surface area (Å²) < 4.78 is 0. The lowest BCUT2D eigenvalue weighted by Crippen LogP contribution is -2.41. The van der Waals surface area contributed by atoms with E-state index in [0.29, 0.717) is 16.6 Å². The van der Waals surface area contributed by atoms with Gasteiger partial charge in [-0.05, 0) is 48.7 Å². The minimum Gasteiger partial charge on any atom is -0.349 e. The standard InChI is InChI=1S/C15H20N2OS/c1-11(2)12-5-7-13(8-6-12)14(18)16-15(19)17-9-3-4-10-17/h5-8,11H,3-4,9-10H2,1-2H3,(H,16,18,19). The SMILES string of the molecule is CC(C)c1ccc(C(=O)NC(=S)N2CCCC2)cc1. The highest BCUT2D eigenvalue weighted by molar-refractivity contribution is 7.80. The van der Waals surface area contributed by atoms with Gasteiger partial charge in [-0.15, -0.1) is 0 Å². The molecule has 1 saturated heterocycles. The third kappa shape index (κ3) is 3.53. The molecule has 3 nitrogen and oxygen atoms in total. The van der Waals surface area contributed by atoms with Gasteiger partial charge in [0.05, 0.1) is 0 Å². The Bertz CT molecular complexity index is 462. The zero-order valence-corrected chi connectivity index (χ0v) is 12.3. The van der Waals surface area contributed by atoms with Crippen LogP contribution in [0.1, 0.15) is 48.5 Å². The van der Waals surface area contributed by atoms with Gasteiger partial charge in [-0.1, -0.05) is 26.0 Å². The predicted octanol–water partition coefficient (Wildman–Crippen LogP) is 2.92. The quantitative estimate of drug-likeness (QED) is 0.843. The molecule has 0 unspecified atom stereocenters. The predicted molar refractivity (Wildman–Crippen MR) is 81.4 cm³/mol. The fourth-order valence-corrected chi connectivity index (χ4v) is 2.46. The van der Waals surface area contributed by atoms with Gasteiger partial charge in [0.1, 0.15) is 0 Å². The number of carbonyl (C=O) groups is 1. The lowest BCUT2D eigenvalue weighted by molar-refractivity contribution is 0.0974. The smallest absolute Gasteiger partial charge is 0.257 e. The Hall–Kier alpha value is -1.42. The Kier molecular flexibility index (Phi) is 4.53. The number of rotatable bonds is 2.